The van der Waals surface area contributed by atoms with Crippen molar-refractivity contribution in [2.45, 2.75) is 43.9 Å². The summed E-state index contributed by atoms with van der Waals surface area (Å²) in [7, 11) is 0. The minimum Gasteiger partial charge on any atom is -0.396 e. The molecule has 1 saturated heterocycles. The highest BCUT2D eigenvalue weighted by molar-refractivity contribution is 7.99. The zero-order valence-corrected chi connectivity index (χ0v) is 11.0. The number of fused-ring (bicyclic) bond motifs is 1. The molecule has 94 valence electrons. The van der Waals surface area contributed by atoms with Gasteiger partial charge in [0, 0.05) is 31.0 Å². The molecule has 2 unspecified atom stereocenters. The molecule has 1 aromatic rings. The van der Waals surface area contributed by atoms with E-state index in [2.05, 4.69) is 27.5 Å². The summed E-state index contributed by atoms with van der Waals surface area (Å²) >= 11 is 2.06. The fraction of sp³-hybridized carbons (Fsp3) is 0.769. The van der Waals surface area contributed by atoms with Gasteiger partial charge in [0.05, 0.1) is 5.25 Å². The van der Waals surface area contributed by atoms with Crippen LogP contribution in [0.25, 0.3) is 0 Å². The highest BCUT2D eigenvalue weighted by atomic mass is 32.2. The van der Waals surface area contributed by atoms with Gasteiger partial charge >= 0.3 is 0 Å². The molecular weight excluding hydrogens is 232 g/mol. The molecule has 17 heavy (non-hydrogen) atoms. The van der Waals surface area contributed by atoms with E-state index in [0.717, 1.165) is 19.4 Å². The van der Waals surface area contributed by atoms with Crippen molar-refractivity contribution in [1.29, 1.82) is 0 Å². The molecule has 2 atom stereocenters. The number of aryl methyl sites for hydroxylation is 1. The van der Waals surface area contributed by atoms with Gasteiger partial charge in [0.1, 0.15) is 5.82 Å². The first-order chi connectivity index (χ1) is 8.38. The number of imidazole rings is 1. The summed E-state index contributed by atoms with van der Waals surface area (Å²) in [6, 6.07) is 0. The van der Waals surface area contributed by atoms with Crippen LogP contribution in [0.5, 0.6) is 0 Å². The zero-order chi connectivity index (χ0) is 11.7. The summed E-state index contributed by atoms with van der Waals surface area (Å²) in [4.78, 5) is 4.65. The van der Waals surface area contributed by atoms with Crippen molar-refractivity contribution in [3.63, 3.8) is 0 Å². The number of aliphatic hydroxyl groups excluding tert-OH is 1. The first kappa shape index (κ1) is 11.6. The Morgan fingerprint density at radius 3 is 3.12 bits per heavy atom. The fourth-order valence-corrected chi connectivity index (χ4v) is 4.22. The van der Waals surface area contributed by atoms with E-state index in [4.69, 9.17) is 0 Å². The highest BCUT2D eigenvalue weighted by Gasteiger charge is 2.26. The summed E-state index contributed by atoms with van der Waals surface area (Å²) < 4.78 is 2.38. The van der Waals surface area contributed by atoms with Gasteiger partial charge in [0.15, 0.2) is 0 Å². The second kappa shape index (κ2) is 5.02. The van der Waals surface area contributed by atoms with Crippen LogP contribution in [0.4, 0.5) is 0 Å². The van der Waals surface area contributed by atoms with E-state index in [-0.39, 0.29) is 0 Å². The molecule has 0 amide bonds. The van der Waals surface area contributed by atoms with Crippen molar-refractivity contribution in [2.24, 2.45) is 5.92 Å². The summed E-state index contributed by atoms with van der Waals surface area (Å²) in [6.07, 6.45) is 8.20. The molecule has 0 bridgehead atoms. The van der Waals surface area contributed by atoms with Crippen LogP contribution in [-0.4, -0.2) is 27.0 Å². The predicted octanol–water partition coefficient (Wildman–Crippen LogP) is 2.40. The molecule has 0 aliphatic carbocycles. The molecule has 1 N–H and O–H groups in total. The van der Waals surface area contributed by atoms with Gasteiger partial charge in [-0.25, -0.2) is 4.98 Å². The van der Waals surface area contributed by atoms with Gasteiger partial charge in [-0.15, -0.1) is 0 Å². The Morgan fingerprint density at radius 2 is 2.35 bits per heavy atom. The Hall–Kier alpha value is -0.480. The number of hydrogen-bond donors (Lipinski definition) is 1. The van der Waals surface area contributed by atoms with E-state index in [1.54, 1.807) is 0 Å². The molecule has 0 spiro atoms. The van der Waals surface area contributed by atoms with Crippen LogP contribution >= 0.6 is 11.8 Å². The Labute approximate surface area is 107 Å². The Kier molecular flexibility index (Phi) is 3.43. The average Bonchev–Trinajstić information content (AvgIpc) is 2.82. The van der Waals surface area contributed by atoms with Gasteiger partial charge in [0.2, 0.25) is 0 Å². The maximum absolute atomic E-state index is 9.32. The van der Waals surface area contributed by atoms with E-state index < -0.39 is 0 Å². The summed E-state index contributed by atoms with van der Waals surface area (Å²) in [5.41, 5.74) is 1.37. The lowest BCUT2D eigenvalue weighted by Gasteiger charge is -2.27. The Balaban J connectivity index is 1.83. The number of rotatable bonds is 2. The maximum Gasteiger partial charge on any atom is 0.122 e. The van der Waals surface area contributed by atoms with E-state index >= 15 is 0 Å². The van der Waals surface area contributed by atoms with E-state index in [0.29, 0.717) is 17.8 Å². The third-order valence-electron chi connectivity index (χ3n) is 3.94. The molecule has 2 aliphatic heterocycles. The summed E-state index contributed by atoms with van der Waals surface area (Å²) in [5, 5.41) is 9.91. The minimum atomic E-state index is 0.314. The molecular formula is C13H20N2OS. The lowest BCUT2D eigenvalue weighted by atomic mass is 9.99. The maximum atomic E-state index is 9.32. The first-order valence-electron chi connectivity index (χ1n) is 6.65. The largest absolute Gasteiger partial charge is 0.396 e. The van der Waals surface area contributed by atoms with Crippen molar-refractivity contribution in [3.8, 4) is 0 Å². The Morgan fingerprint density at radius 1 is 1.41 bits per heavy atom. The second-order valence-electron chi connectivity index (χ2n) is 5.16. The van der Waals surface area contributed by atoms with Gasteiger partial charge in [-0.3, -0.25) is 0 Å². The third-order valence-corrected chi connectivity index (χ3v) is 5.32. The van der Waals surface area contributed by atoms with Gasteiger partial charge < -0.3 is 9.67 Å². The van der Waals surface area contributed by atoms with E-state index in [9.17, 15) is 5.11 Å². The molecule has 3 rings (SSSR count). The van der Waals surface area contributed by atoms with Crippen LogP contribution in [0.1, 0.15) is 42.5 Å². The van der Waals surface area contributed by atoms with Crippen molar-refractivity contribution >= 4 is 11.8 Å². The number of aromatic nitrogens is 2. The molecule has 3 nitrogen and oxygen atoms in total. The third kappa shape index (κ3) is 2.25. The van der Waals surface area contributed by atoms with E-state index in [1.807, 2.05) is 0 Å². The van der Waals surface area contributed by atoms with Crippen LogP contribution < -0.4 is 0 Å². The molecule has 2 aliphatic rings. The quantitative estimate of drug-likeness (QED) is 0.878. The Bertz CT molecular complexity index is 385. The van der Waals surface area contributed by atoms with Crippen LogP contribution in [-0.2, 0) is 13.0 Å². The SMILES string of the molecule is OCC1CCc2cnc(C3CCCCS3)n2C1. The number of aliphatic hydroxyl groups is 1. The van der Waals surface area contributed by atoms with Gasteiger partial charge in [-0.05, 0) is 31.4 Å². The molecule has 1 aromatic heterocycles. The highest BCUT2D eigenvalue weighted by Crippen LogP contribution is 2.39. The van der Waals surface area contributed by atoms with Crippen molar-refractivity contribution in [2.75, 3.05) is 12.4 Å². The van der Waals surface area contributed by atoms with Crippen LogP contribution in [0.15, 0.2) is 6.20 Å². The predicted molar refractivity (Wildman–Crippen MR) is 70.2 cm³/mol. The van der Waals surface area contributed by atoms with Crippen molar-refractivity contribution < 1.29 is 5.11 Å². The van der Waals surface area contributed by atoms with Crippen LogP contribution in [0, 0.1) is 5.92 Å². The fourth-order valence-electron chi connectivity index (χ4n) is 2.89. The molecule has 0 aromatic carbocycles. The second-order valence-corrected chi connectivity index (χ2v) is 6.47. The first-order valence-corrected chi connectivity index (χ1v) is 7.70. The minimum absolute atomic E-state index is 0.314. The van der Waals surface area contributed by atoms with Gasteiger partial charge in [-0.1, -0.05) is 6.42 Å². The van der Waals surface area contributed by atoms with Gasteiger partial charge in [0.25, 0.3) is 0 Å². The average molecular weight is 252 g/mol. The van der Waals surface area contributed by atoms with Crippen molar-refractivity contribution in [1.82, 2.24) is 9.55 Å². The molecule has 1 fully saturated rings. The number of nitrogens with zero attached hydrogens (tertiary/aromatic N) is 2. The number of thioether (sulfide) groups is 1. The topological polar surface area (TPSA) is 38.1 Å². The summed E-state index contributed by atoms with van der Waals surface area (Å²) in [5.74, 6) is 2.97. The van der Waals surface area contributed by atoms with Gasteiger partial charge in [-0.2, -0.15) is 11.8 Å². The lowest BCUT2D eigenvalue weighted by Crippen LogP contribution is -2.24. The molecule has 3 heterocycles. The van der Waals surface area contributed by atoms with Crippen molar-refractivity contribution in [3.05, 3.63) is 17.7 Å². The summed E-state index contributed by atoms with van der Waals surface area (Å²) in [6.45, 7) is 1.28. The molecule has 0 saturated carbocycles. The molecule has 0 radical (unpaired) electrons. The monoisotopic (exact) mass is 252 g/mol. The van der Waals surface area contributed by atoms with Crippen LogP contribution in [0.3, 0.4) is 0 Å². The number of hydrogen-bond acceptors (Lipinski definition) is 3. The smallest absolute Gasteiger partial charge is 0.122 e. The normalized spacial score (nSPS) is 29.0. The molecule has 4 heteroatoms. The van der Waals surface area contributed by atoms with E-state index in [1.165, 1.54) is 36.5 Å². The van der Waals surface area contributed by atoms with Crippen LogP contribution in [0.2, 0.25) is 0 Å². The lowest BCUT2D eigenvalue weighted by molar-refractivity contribution is 0.190. The standard InChI is InChI=1S/C13H20N2OS/c16-9-10-4-5-11-7-14-13(15(11)8-10)12-3-1-2-6-17-12/h7,10,12,16H,1-6,8-9H2. The zero-order valence-electron chi connectivity index (χ0n) is 10.1.